The van der Waals surface area contributed by atoms with Crippen LogP contribution in [0.3, 0.4) is 0 Å². The number of rotatable bonds is 5. The van der Waals surface area contributed by atoms with Crippen LogP contribution < -0.4 is 10.2 Å². The van der Waals surface area contributed by atoms with Crippen LogP contribution in [0, 0.1) is 5.92 Å². The van der Waals surface area contributed by atoms with E-state index in [-0.39, 0.29) is 0 Å². The third kappa shape index (κ3) is 3.17. The summed E-state index contributed by atoms with van der Waals surface area (Å²) in [6.07, 6.45) is 2.63. The number of halogens is 2. The first-order chi connectivity index (χ1) is 8.11. The summed E-state index contributed by atoms with van der Waals surface area (Å²) >= 11 is 12.3. The molecule has 1 heterocycles. The van der Waals surface area contributed by atoms with E-state index < -0.39 is 0 Å². The molecule has 94 valence electrons. The molecule has 1 N–H and O–H groups in total. The van der Waals surface area contributed by atoms with Gasteiger partial charge in [-0.3, -0.25) is 0 Å². The van der Waals surface area contributed by atoms with Crippen molar-refractivity contribution < 1.29 is 0 Å². The average Bonchev–Trinajstić information content (AvgIpc) is 3.06. The first kappa shape index (κ1) is 12.8. The van der Waals surface area contributed by atoms with Crippen LogP contribution in [0.2, 0.25) is 10.0 Å². The van der Waals surface area contributed by atoms with E-state index in [1.54, 1.807) is 6.07 Å². The van der Waals surface area contributed by atoms with Gasteiger partial charge in [0.05, 0.1) is 10.0 Å². The third-order valence-corrected chi connectivity index (χ3v) is 3.41. The van der Waals surface area contributed by atoms with Gasteiger partial charge >= 0.3 is 0 Å². The van der Waals surface area contributed by atoms with Crippen molar-refractivity contribution in [2.75, 3.05) is 30.4 Å². The van der Waals surface area contributed by atoms with E-state index in [2.05, 4.69) is 15.2 Å². The van der Waals surface area contributed by atoms with E-state index >= 15 is 0 Å². The van der Waals surface area contributed by atoms with Crippen LogP contribution in [0.1, 0.15) is 19.8 Å². The van der Waals surface area contributed by atoms with Gasteiger partial charge in [-0.2, -0.15) is 0 Å². The summed E-state index contributed by atoms with van der Waals surface area (Å²) in [5.41, 5.74) is 0. The van der Waals surface area contributed by atoms with Crippen LogP contribution in [-0.4, -0.2) is 25.1 Å². The Kier molecular flexibility index (Phi) is 4.00. The van der Waals surface area contributed by atoms with Crippen molar-refractivity contribution in [3.8, 4) is 0 Å². The van der Waals surface area contributed by atoms with Crippen molar-refractivity contribution in [1.29, 1.82) is 0 Å². The van der Waals surface area contributed by atoms with Gasteiger partial charge in [0.2, 0.25) is 0 Å². The largest absolute Gasteiger partial charge is 0.369 e. The quantitative estimate of drug-likeness (QED) is 0.888. The molecule has 0 bridgehead atoms. The zero-order chi connectivity index (χ0) is 12.4. The van der Waals surface area contributed by atoms with Crippen LogP contribution in [0.4, 0.5) is 11.6 Å². The van der Waals surface area contributed by atoms with Crippen LogP contribution in [-0.2, 0) is 0 Å². The third-order valence-electron chi connectivity index (χ3n) is 2.85. The Balaban J connectivity index is 2.21. The molecule has 2 rings (SSSR count). The molecule has 1 aromatic heterocycles. The molecule has 0 amide bonds. The summed E-state index contributed by atoms with van der Waals surface area (Å²) < 4.78 is 0. The number of hydrogen-bond donors (Lipinski definition) is 1. The monoisotopic (exact) mass is 273 g/mol. The van der Waals surface area contributed by atoms with Gasteiger partial charge in [-0.05, 0) is 31.7 Å². The Labute approximate surface area is 112 Å². The summed E-state index contributed by atoms with van der Waals surface area (Å²) in [4.78, 5) is 6.60. The number of anilines is 2. The Morgan fingerprint density at radius 2 is 2.12 bits per heavy atom. The number of nitrogens with zero attached hydrogens (tertiary/aromatic N) is 2. The zero-order valence-electron chi connectivity index (χ0n) is 10.1. The summed E-state index contributed by atoms with van der Waals surface area (Å²) in [5.74, 6) is 2.31. The van der Waals surface area contributed by atoms with Crippen LogP contribution in [0.15, 0.2) is 6.07 Å². The smallest absolute Gasteiger partial charge is 0.149 e. The maximum Gasteiger partial charge on any atom is 0.149 e. The molecule has 1 fully saturated rings. The highest BCUT2D eigenvalue weighted by Crippen LogP contribution is 2.34. The van der Waals surface area contributed by atoms with Crippen LogP contribution >= 0.6 is 23.2 Å². The first-order valence-corrected chi connectivity index (χ1v) is 6.68. The summed E-state index contributed by atoms with van der Waals surface area (Å²) in [7, 11) is 2.02. The lowest BCUT2D eigenvalue weighted by Gasteiger charge is -2.20. The van der Waals surface area contributed by atoms with Crippen molar-refractivity contribution in [2.24, 2.45) is 5.92 Å². The first-order valence-electron chi connectivity index (χ1n) is 5.92. The molecular formula is C12H17Cl2N3. The normalized spacial score (nSPS) is 14.8. The highest BCUT2D eigenvalue weighted by molar-refractivity contribution is 6.37. The van der Waals surface area contributed by atoms with E-state index in [0.717, 1.165) is 24.8 Å². The minimum atomic E-state index is 0.570. The van der Waals surface area contributed by atoms with Gasteiger partial charge in [0.25, 0.3) is 0 Å². The van der Waals surface area contributed by atoms with Gasteiger partial charge < -0.3 is 10.2 Å². The fraction of sp³-hybridized carbons (Fsp3) is 0.583. The van der Waals surface area contributed by atoms with Crippen LogP contribution in [0.5, 0.6) is 0 Å². The highest BCUT2D eigenvalue weighted by atomic mass is 35.5. The molecule has 0 spiro atoms. The topological polar surface area (TPSA) is 28.2 Å². The SMILES string of the molecule is CCNc1nc(N(C)CC2CC2)c(Cl)cc1Cl. The Bertz CT molecular complexity index is 405. The lowest BCUT2D eigenvalue weighted by molar-refractivity contribution is 0.777. The van der Waals surface area contributed by atoms with Crippen molar-refractivity contribution in [1.82, 2.24) is 4.98 Å². The molecule has 3 nitrogen and oxygen atoms in total. The second-order valence-corrected chi connectivity index (χ2v) is 5.29. The highest BCUT2D eigenvalue weighted by Gasteiger charge is 2.24. The predicted molar refractivity (Wildman–Crippen MR) is 74.4 cm³/mol. The molecule has 1 saturated carbocycles. The minimum absolute atomic E-state index is 0.570. The molecule has 0 radical (unpaired) electrons. The lowest BCUT2D eigenvalue weighted by atomic mass is 10.3. The fourth-order valence-corrected chi connectivity index (χ4v) is 2.36. The molecule has 17 heavy (non-hydrogen) atoms. The second-order valence-electron chi connectivity index (χ2n) is 4.48. The molecule has 0 aromatic carbocycles. The Morgan fingerprint density at radius 1 is 1.41 bits per heavy atom. The molecular weight excluding hydrogens is 257 g/mol. The average molecular weight is 274 g/mol. The number of nitrogens with one attached hydrogen (secondary N) is 1. The Hall–Kier alpha value is -0.670. The van der Waals surface area contributed by atoms with E-state index in [1.165, 1.54) is 12.8 Å². The molecule has 0 atom stereocenters. The van der Waals surface area contributed by atoms with Crippen molar-refractivity contribution in [3.05, 3.63) is 16.1 Å². The van der Waals surface area contributed by atoms with Crippen LogP contribution in [0.25, 0.3) is 0 Å². The van der Waals surface area contributed by atoms with E-state index in [1.807, 2.05) is 14.0 Å². The number of aromatic nitrogens is 1. The van der Waals surface area contributed by atoms with Gasteiger partial charge in [0.15, 0.2) is 0 Å². The second kappa shape index (κ2) is 5.32. The van der Waals surface area contributed by atoms with Gasteiger partial charge in [-0.15, -0.1) is 0 Å². The predicted octanol–water partition coefficient (Wildman–Crippen LogP) is 3.67. The van der Waals surface area contributed by atoms with Gasteiger partial charge in [0, 0.05) is 20.1 Å². The molecule has 1 aromatic rings. The minimum Gasteiger partial charge on any atom is -0.369 e. The zero-order valence-corrected chi connectivity index (χ0v) is 11.6. The van der Waals surface area contributed by atoms with E-state index in [0.29, 0.717) is 15.9 Å². The molecule has 0 aliphatic heterocycles. The van der Waals surface area contributed by atoms with Gasteiger partial charge in [-0.1, -0.05) is 23.2 Å². The van der Waals surface area contributed by atoms with E-state index in [4.69, 9.17) is 23.2 Å². The standard InChI is InChI=1S/C12H17Cl2N3/c1-3-15-11-9(13)6-10(14)12(16-11)17(2)7-8-4-5-8/h6,8H,3-5,7H2,1-2H3,(H,15,16). The molecule has 1 aliphatic rings. The number of hydrogen-bond acceptors (Lipinski definition) is 3. The fourth-order valence-electron chi connectivity index (χ4n) is 1.79. The van der Waals surface area contributed by atoms with Gasteiger partial charge in [-0.25, -0.2) is 4.98 Å². The van der Waals surface area contributed by atoms with E-state index in [9.17, 15) is 0 Å². The van der Waals surface area contributed by atoms with Crippen molar-refractivity contribution in [2.45, 2.75) is 19.8 Å². The molecule has 0 unspecified atom stereocenters. The summed E-state index contributed by atoms with van der Waals surface area (Å²) in [6.45, 7) is 3.82. The van der Waals surface area contributed by atoms with Gasteiger partial charge in [0.1, 0.15) is 11.6 Å². The maximum atomic E-state index is 6.18. The molecule has 5 heteroatoms. The van der Waals surface area contributed by atoms with Crippen molar-refractivity contribution >= 4 is 34.8 Å². The summed E-state index contributed by atoms with van der Waals surface area (Å²) in [5, 5.41) is 4.32. The molecule has 0 saturated heterocycles. The lowest BCUT2D eigenvalue weighted by Crippen LogP contribution is -2.22. The molecule has 1 aliphatic carbocycles. The summed E-state index contributed by atoms with van der Waals surface area (Å²) in [6, 6.07) is 1.76. The Morgan fingerprint density at radius 3 is 2.71 bits per heavy atom. The number of pyridine rings is 1. The maximum absolute atomic E-state index is 6.18. The van der Waals surface area contributed by atoms with Crippen molar-refractivity contribution in [3.63, 3.8) is 0 Å².